The monoisotopic (exact) mass is 343 g/mol. The van der Waals surface area contributed by atoms with Crippen LogP contribution in [0.5, 0.6) is 0 Å². The first-order chi connectivity index (χ1) is 9.06. The molecule has 2 aromatic heterocycles. The maximum Gasteiger partial charge on any atom is 0.224 e. The van der Waals surface area contributed by atoms with Crippen LogP contribution in [0.4, 0.5) is 5.82 Å². The molecule has 2 heterocycles. The molecule has 0 fully saturated rings. The molecule has 0 aliphatic carbocycles. The normalized spacial score (nSPS) is 10.7. The summed E-state index contributed by atoms with van der Waals surface area (Å²) in [5.41, 5.74) is 2.24. The highest BCUT2D eigenvalue weighted by molar-refractivity contribution is 9.10. The van der Waals surface area contributed by atoms with Crippen LogP contribution in [-0.2, 0) is 6.54 Å². The molecular weight excluding hydrogens is 330 g/mol. The molecule has 0 aliphatic rings. The van der Waals surface area contributed by atoms with Crippen LogP contribution in [0.25, 0.3) is 0 Å². The van der Waals surface area contributed by atoms with Crippen LogP contribution in [0.3, 0.4) is 0 Å². The van der Waals surface area contributed by atoms with Gasteiger partial charge in [0.05, 0.1) is 10.2 Å². The first kappa shape index (κ1) is 14.3. The average Bonchev–Trinajstić information content (AvgIpc) is 2.67. The summed E-state index contributed by atoms with van der Waals surface area (Å²) in [7, 11) is 0. The molecule has 0 spiro atoms. The van der Waals surface area contributed by atoms with E-state index in [-0.39, 0.29) is 5.28 Å². The van der Waals surface area contributed by atoms with E-state index in [1.807, 2.05) is 11.6 Å². The van der Waals surface area contributed by atoms with Crippen LogP contribution in [0, 0.1) is 13.8 Å². The minimum atomic E-state index is 0.240. The summed E-state index contributed by atoms with van der Waals surface area (Å²) in [5.74, 6) is 0.716. The molecule has 0 radical (unpaired) electrons. The molecule has 2 aromatic rings. The fourth-order valence-electron chi connectivity index (χ4n) is 1.81. The third kappa shape index (κ3) is 3.91. The van der Waals surface area contributed by atoms with Gasteiger partial charge in [-0.3, -0.25) is 4.68 Å². The van der Waals surface area contributed by atoms with Gasteiger partial charge in [-0.25, -0.2) is 4.98 Å². The zero-order valence-corrected chi connectivity index (χ0v) is 13.2. The highest BCUT2D eigenvalue weighted by Gasteiger charge is 2.04. The number of halogens is 2. The Bertz CT molecular complexity index is 569. The number of rotatable bonds is 5. The van der Waals surface area contributed by atoms with Crippen LogP contribution in [-0.4, -0.2) is 26.3 Å². The number of aryl methyl sites for hydroxylation is 3. The van der Waals surface area contributed by atoms with E-state index >= 15 is 0 Å². The summed E-state index contributed by atoms with van der Waals surface area (Å²) in [5, 5.41) is 7.89. The molecule has 5 nitrogen and oxygen atoms in total. The SMILES string of the molecule is Cc1cc(C)n(CCCNc2nc(Cl)ncc2Br)n1. The van der Waals surface area contributed by atoms with Crippen LogP contribution in [0.15, 0.2) is 16.7 Å². The molecular formula is C12H15BrClN5. The van der Waals surface area contributed by atoms with Crippen molar-refractivity contribution in [2.75, 3.05) is 11.9 Å². The van der Waals surface area contributed by atoms with Gasteiger partial charge in [-0.1, -0.05) is 0 Å². The van der Waals surface area contributed by atoms with Gasteiger partial charge in [-0.15, -0.1) is 0 Å². The third-order valence-corrected chi connectivity index (χ3v) is 3.42. The van der Waals surface area contributed by atoms with Gasteiger partial charge in [0.25, 0.3) is 0 Å². The van der Waals surface area contributed by atoms with Crippen LogP contribution >= 0.6 is 27.5 Å². The largest absolute Gasteiger partial charge is 0.369 e. The van der Waals surface area contributed by atoms with Gasteiger partial charge in [0, 0.05) is 25.0 Å². The maximum absolute atomic E-state index is 5.75. The van der Waals surface area contributed by atoms with Crippen molar-refractivity contribution in [3.63, 3.8) is 0 Å². The molecule has 102 valence electrons. The third-order valence-electron chi connectivity index (χ3n) is 2.66. The predicted octanol–water partition coefficient (Wildman–Crippen LogP) is 3.21. The zero-order valence-electron chi connectivity index (χ0n) is 10.8. The Morgan fingerprint density at radius 3 is 2.89 bits per heavy atom. The summed E-state index contributed by atoms with van der Waals surface area (Å²) < 4.78 is 2.82. The maximum atomic E-state index is 5.75. The fourth-order valence-corrected chi connectivity index (χ4v) is 2.27. The van der Waals surface area contributed by atoms with Gasteiger partial charge >= 0.3 is 0 Å². The van der Waals surface area contributed by atoms with E-state index in [9.17, 15) is 0 Å². The predicted molar refractivity (Wildman–Crippen MR) is 79.5 cm³/mol. The Morgan fingerprint density at radius 1 is 1.42 bits per heavy atom. The van der Waals surface area contributed by atoms with E-state index in [0.29, 0.717) is 5.82 Å². The van der Waals surface area contributed by atoms with Gasteiger partial charge in [-0.05, 0) is 53.9 Å². The number of nitrogens with one attached hydrogen (secondary N) is 1. The molecule has 0 aliphatic heterocycles. The van der Waals surface area contributed by atoms with Gasteiger partial charge in [-0.2, -0.15) is 10.1 Å². The lowest BCUT2D eigenvalue weighted by Crippen LogP contribution is -2.10. The van der Waals surface area contributed by atoms with Crippen molar-refractivity contribution in [3.8, 4) is 0 Å². The number of anilines is 1. The molecule has 19 heavy (non-hydrogen) atoms. The fraction of sp³-hybridized carbons (Fsp3) is 0.417. The number of nitrogens with zero attached hydrogens (tertiary/aromatic N) is 4. The van der Waals surface area contributed by atoms with Gasteiger partial charge < -0.3 is 5.32 Å². The Labute approximate surface area is 125 Å². The summed E-state index contributed by atoms with van der Waals surface area (Å²) in [6, 6.07) is 2.08. The molecule has 7 heteroatoms. The van der Waals surface area contributed by atoms with E-state index < -0.39 is 0 Å². The Balaban J connectivity index is 1.84. The van der Waals surface area contributed by atoms with Gasteiger partial charge in [0.2, 0.25) is 5.28 Å². The van der Waals surface area contributed by atoms with Crippen molar-refractivity contribution in [3.05, 3.63) is 33.4 Å². The first-order valence-corrected chi connectivity index (χ1v) is 7.16. The topological polar surface area (TPSA) is 55.6 Å². The van der Waals surface area contributed by atoms with E-state index in [1.54, 1.807) is 6.20 Å². The van der Waals surface area contributed by atoms with E-state index in [0.717, 1.165) is 29.7 Å². The minimum Gasteiger partial charge on any atom is -0.369 e. The smallest absolute Gasteiger partial charge is 0.224 e. The molecule has 0 atom stereocenters. The second-order valence-electron chi connectivity index (χ2n) is 4.27. The minimum absolute atomic E-state index is 0.240. The molecule has 0 unspecified atom stereocenters. The standard InChI is InChI=1S/C12H15BrClN5/c1-8-6-9(2)19(18-8)5-3-4-15-11-10(13)7-16-12(14)17-11/h6-7H,3-5H2,1-2H3,(H,15,16,17). The number of aromatic nitrogens is 4. The average molecular weight is 345 g/mol. The first-order valence-electron chi connectivity index (χ1n) is 5.99. The van der Waals surface area contributed by atoms with Crippen molar-refractivity contribution in [1.82, 2.24) is 19.7 Å². The number of hydrogen-bond acceptors (Lipinski definition) is 4. The van der Waals surface area contributed by atoms with E-state index in [4.69, 9.17) is 11.6 Å². The van der Waals surface area contributed by atoms with Crippen molar-refractivity contribution in [2.45, 2.75) is 26.8 Å². The summed E-state index contributed by atoms with van der Waals surface area (Å²) in [4.78, 5) is 8.00. The van der Waals surface area contributed by atoms with Crippen LogP contribution in [0.2, 0.25) is 5.28 Å². The molecule has 2 rings (SSSR count). The van der Waals surface area contributed by atoms with Crippen molar-refractivity contribution in [1.29, 1.82) is 0 Å². The Kier molecular flexibility index (Phi) is 4.76. The van der Waals surface area contributed by atoms with E-state index in [2.05, 4.69) is 49.3 Å². The lowest BCUT2D eigenvalue weighted by Gasteiger charge is -2.08. The summed E-state index contributed by atoms with van der Waals surface area (Å²) in [6.07, 6.45) is 2.59. The van der Waals surface area contributed by atoms with Gasteiger partial charge in [0.1, 0.15) is 5.82 Å². The van der Waals surface area contributed by atoms with E-state index in [1.165, 1.54) is 5.69 Å². The molecule has 0 aromatic carbocycles. The van der Waals surface area contributed by atoms with Crippen molar-refractivity contribution in [2.24, 2.45) is 0 Å². The molecule has 0 saturated heterocycles. The Morgan fingerprint density at radius 2 is 2.21 bits per heavy atom. The summed E-state index contributed by atoms with van der Waals surface area (Å²) >= 11 is 9.13. The van der Waals surface area contributed by atoms with Crippen LogP contribution < -0.4 is 5.32 Å². The summed E-state index contributed by atoms with van der Waals surface area (Å²) in [6.45, 7) is 5.74. The lowest BCUT2D eigenvalue weighted by atomic mass is 10.4. The molecule has 1 N–H and O–H groups in total. The van der Waals surface area contributed by atoms with Crippen molar-refractivity contribution < 1.29 is 0 Å². The number of hydrogen-bond donors (Lipinski definition) is 1. The quantitative estimate of drug-likeness (QED) is 0.668. The second kappa shape index (κ2) is 6.34. The zero-order chi connectivity index (χ0) is 13.8. The highest BCUT2D eigenvalue weighted by atomic mass is 79.9. The van der Waals surface area contributed by atoms with Crippen molar-refractivity contribution >= 4 is 33.3 Å². The molecule has 0 bridgehead atoms. The Hall–Kier alpha value is -1.14. The molecule has 0 saturated carbocycles. The van der Waals surface area contributed by atoms with Gasteiger partial charge in [0.15, 0.2) is 0 Å². The highest BCUT2D eigenvalue weighted by Crippen LogP contribution is 2.19. The van der Waals surface area contributed by atoms with Crippen LogP contribution in [0.1, 0.15) is 17.8 Å². The second-order valence-corrected chi connectivity index (χ2v) is 5.46. The lowest BCUT2D eigenvalue weighted by molar-refractivity contribution is 0.573. The molecule has 0 amide bonds.